The molecule has 0 bridgehead atoms. The van der Waals surface area contributed by atoms with E-state index in [0.717, 1.165) is 10.8 Å². The van der Waals surface area contributed by atoms with Crippen molar-refractivity contribution >= 4 is 15.5 Å². The fourth-order valence-electron chi connectivity index (χ4n) is 1.26. The van der Waals surface area contributed by atoms with Gasteiger partial charge in [-0.25, -0.2) is 13.2 Å². The second-order valence-corrected chi connectivity index (χ2v) is 6.82. The van der Waals surface area contributed by atoms with E-state index in [0.29, 0.717) is 0 Å². The number of aromatic nitrogens is 2. The van der Waals surface area contributed by atoms with Crippen LogP contribution >= 0.6 is 0 Å². The molecule has 0 aliphatic carbocycles. The normalized spacial score (nSPS) is 11.7. The molecule has 19 heavy (non-hydrogen) atoms. The van der Waals surface area contributed by atoms with E-state index in [4.69, 9.17) is 0 Å². The Hall–Kier alpha value is -1.97. The zero-order valence-corrected chi connectivity index (χ0v) is 11.1. The number of nitrogens with one attached hydrogen (secondary N) is 1. The highest BCUT2D eigenvalue weighted by Crippen LogP contribution is 2.03. The van der Waals surface area contributed by atoms with Crippen molar-refractivity contribution in [1.82, 2.24) is 9.55 Å². The Morgan fingerprint density at radius 2 is 2.00 bits per heavy atom. The molecule has 1 rings (SSSR count). The molecular formula is C9H13N3O6S. The lowest BCUT2D eigenvalue weighted by Crippen LogP contribution is -2.33. The van der Waals surface area contributed by atoms with Gasteiger partial charge in [-0.15, -0.1) is 0 Å². The highest BCUT2D eigenvalue weighted by Gasteiger charge is 2.19. The molecule has 1 N–H and O–H groups in total. The van der Waals surface area contributed by atoms with Gasteiger partial charge in [0, 0.05) is 6.54 Å². The summed E-state index contributed by atoms with van der Waals surface area (Å²) in [7, 11) is -3.38. The van der Waals surface area contributed by atoms with E-state index in [1.54, 1.807) is 4.98 Å². The van der Waals surface area contributed by atoms with E-state index in [9.17, 15) is 28.1 Å². The molecule has 0 aliphatic rings. The molecule has 1 aromatic heterocycles. The molecule has 0 saturated heterocycles. The van der Waals surface area contributed by atoms with Crippen LogP contribution < -0.4 is 11.2 Å². The van der Waals surface area contributed by atoms with Crippen LogP contribution in [0.2, 0.25) is 0 Å². The van der Waals surface area contributed by atoms with Crippen molar-refractivity contribution in [3.05, 3.63) is 37.1 Å². The first-order valence-electron chi connectivity index (χ1n) is 5.35. The van der Waals surface area contributed by atoms with Crippen molar-refractivity contribution in [2.24, 2.45) is 0 Å². The summed E-state index contributed by atoms with van der Waals surface area (Å²) in [5, 5.41) is 9.94. The Balaban J connectivity index is 3.10. The van der Waals surface area contributed by atoms with Gasteiger partial charge in [0.15, 0.2) is 9.84 Å². The minimum absolute atomic E-state index is 0.253. The van der Waals surface area contributed by atoms with Crippen LogP contribution in [-0.2, 0) is 16.4 Å². The molecule has 0 atom stereocenters. The third kappa shape index (κ3) is 3.50. The summed E-state index contributed by atoms with van der Waals surface area (Å²) in [5.41, 5.74) is -2.80. The van der Waals surface area contributed by atoms with Gasteiger partial charge in [-0.1, -0.05) is 0 Å². The fraction of sp³-hybridized carbons (Fsp3) is 0.556. The van der Waals surface area contributed by atoms with E-state index in [2.05, 4.69) is 0 Å². The number of hydrogen-bond donors (Lipinski definition) is 1. The van der Waals surface area contributed by atoms with Crippen molar-refractivity contribution < 1.29 is 13.3 Å². The number of hydrogen-bond acceptors (Lipinski definition) is 6. The molecule has 0 spiro atoms. The average Bonchev–Trinajstić information content (AvgIpc) is 2.27. The molecule has 0 fully saturated rings. The number of sulfone groups is 1. The Morgan fingerprint density at radius 3 is 2.47 bits per heavy atom. The monoisotopic (exact) mass is 291 g/mol. The average molecular weight is 291 g/mol. The number of H-pyrrole nitrogens is 1. The van der Waals surface area contributed by atoms with Gasteiger partial charge in [0.25, 0.3) is 0 Å². The highest BCUT2D eigenvalue weighted by atomic mass is 32.2. The summed E-state index contributed by atoms with van der Waals surface area (Å²) in [4.78, 5) is 33.9. The summed E-state index contributed by atoms with van der Waals surface area (Å²) >= 11 is 0. The first-order chi connectivity index (χ1) is 8.65. The highest BCUT2D eigenvalue weighted by molar-refractivity contribution is 7.91. The molecule has 0 aromatic carbocycles. The number of aromatic amines is 1. The summed E-state index contributed by atoms with van der Waals surface area (Å²) in [6.07, 6.45) is 0.747. The zero-order valence-electron chi connectivity index (χ0n) is 10.3. The molecule has 0 saturated carbocycles. The van der Waals surface area contributed by atoms with E-state index in [-0.39, 0.29) is 12.3 Å². The standard InChI is InChI=1S/C9H13N3O6S/c1-6(2)19(17,18)4-3-11-5-7(12(15)16)8(13)10-9(11)14/h5-6H,3-4H2,1-2H3,(H,10,13,14). The largest absolute Gasteiger partial charge is 0.350 e. The second kappa shape index (κ2) is 5.34. The van der Waals surface area contributed by atoms with Gasteiger partial charge in [-0.3, -0.25) is 24.5 Å². The Bertz CT molecular complexity index is 699. The maximum Gasteiger partial charge on any atom is 0.350 e. The maximum atomic E-state index is 11.6. The Labute approximate surface area is 108 Å². The lowest BCUT2D eigenvalue weighted by Gasteiger charge is -2.08. The van der Waals surface area contributed by atoms with Crippen LogP contribution in [0.4, 0.5) is 5.69 Å². The minimum Gasteiger partial charge on any atom is -0.293 e. The first-order valence-corrected chi connectivity index (χ1v) is 7.06. The number of nitrogens with zero attached hydrogens (tertiary/aromatic N) is 2. The van der Waals surface area contributed by atoms with Crippen molar-refractivity contribution in [1.29, 1.82) is 0 Å². The molecule has 1 aromatic rings. The van der Waals surface area contributed by atoms with Crippen LogP contribution in [0, 0.1) is 10.1 Å². The molecule has 0 amide bonds. The molecule has 0 unspecified atom stereocenters. The van der Waals surface area contributed by atoms with Gasteiger partial charge in [0.2, 0.25) is 0 Å². The van der Waals surface area contributed by atoms with Crippen molar-refractivity contribution in [2.45, 2.75) is 25.6 Å². The number of nitro groups is 1. The minimum atomic E-state index is -3.38. The van der Waals surface area contributed by atoms with Crippen LogP contribution in [0.3, 0.4) is 0 Å². The maximum absolute atomic E-state index is 11.6. The lowest BCUT2D eigenvalue weighted by molar-refractivity contribution is -0.386. The van der Waals surface area contributed by atoms with Gasteiger partial charge in [-0.2, -0.15) is 0 Å². The molecule has 0 aliphatic heterocycles. The van der Waals surface area contributed by atoms with Crippen LogP contribution in [0.15, 0.2) is 15.8 Å². The molecular weight excluding hydrogens is 278 g/mol. The third-order valence-electron chi connectivity index (χ3n) is 2.52. The van der Waals surface area contributed by atoms with Gasteiger partial charge >= 0.3 is 16.9 Å². The van der Waals surface area contributed by atoms with E-state index >= 15 is 0 Å². The van der Waals surface area contributed by atoms with E-state index in [1.165, 1.54) is 13.8 Å². The molecule has 0 radical (unpaired) electrons. The van der Waals surface area contributed by atoms with Crippen LogP contribution in [0.25, 0.3) is 0 Å². The summed E-state index contributed by atoms with van der Waals surface area (Å²) in [6.45, 7) is 2.73. The van der Waals surface area contributed by atoms with Crippen LogP contribution in [0.1, 0.15) is 13.8 Å². The van der Waals surface area contributed by atoms with Gasteiger partial charge in [-0.05, 0) is 13.8 Å². The first kappa shape index (κ1) is 15.1. The SMILES string of the molecule is CC(C)S(=O)(=O)CCn1cc([N+](=O)[O-])c(=O)[nH]c1=O. The van der Waals surface area contributed by atoms with Crippen molar-refractivity contribution in [3.8, 4) is 0 Å². The topological polar surface area (TPSA) is 132 Å². The summed E-state index contributed by atoms with van der Waals surface area (Å²) < 4.78 is 24.0. The van der Waals surface area contributed by atoms with Gasteiger partial charge in [0.05, 0.1) is 22.1 Å². The van der Waals surface area contributed by atoms with Crippen LogP contribution in [0.5, 0.6) is 0 Å². The van der Waals surface area contributed by atoms with Crippen LogP contribution in [-0.4, -0.2) is 33.9 Å². The summed E-state index contributed by atoms with van der Waals surface area (Å²) in [6, 6.07) is 0. The molecule has 10 heteroatoms. The molecule has 1 heterocycles. The third-order valence-corrected chi connectivity index (χ3v) is 4.71. The summed E-state index contributed by atoms with van der Waals surface area (Å²) in [5.74, 6) is -0.340. The predicted octanol–water partition coefficient (Wildman–Crippen LogP) is -0.732. The van der Waals surface area contributed by atoms with Crippen molar-refractivity contribution in [3.63, 3.8) is 0 Å². The molecule has 106 valence electrons. The number of aryl methyl sites for hydroxylation is 1. The van der Waals surface area contributed by atoms with E-state index < -0.39 is 36.9 Å². The molecule has 9 nitrogen and oxygen atoms in total. The quantitative estimate of drug-likeness (QED) is 0.561. The Morgan fingerprint density at radius 1 is 1.42 bits per heavy atom. The number of rotatable bonds is 5. The fourth-order valence-corrected chi connectivity index (χ4v) is 2.18. The van der Waals surface area contributed by atoms with Crippen molar-refractivity contribution in [2.75, 3.05) is 5.75 Å². The van der Waals surface area contributed by atoms with Gasteiger partial charge in [0.1, 0.15) is 0 Å². The van der Waals surface area contributed by atoms with Gasteiger partial charge < -0.3 is 0 Å². The lowest BCUT2D eigenvalue weighted by atomic mass is 10.5. The van der Waals surface area contributed by atoms with E-state index in [1.807, 2.05) is 0 Å². The predicted molar refractivity (Wildman–Crippen MR) is 66.9 cm³/mol. The second-order valence-electron chi connectivity index (χ2n) is 4.14. The Kier molecular flexibility index (Phi) is 4.24. The smallest absolute Gasteiger partial charge is 0.293 e. The zero-order chi connectivity index (χ0) is 14.8.